The number of halogens is 1. The number of aromatic hydroxyl groups is 1. The van der Waals surface area contributed by atoms with E-state index in [1.807, 2.05) is 18.4 Å². The molecule has 1 aromatic heterocycles. The number of fused-ring (bicyclic) bond motifs is 1. The van der Waals surface area contributed by atoms with E-state index < -0.39 is 0 Å². The molecule has 0 aliphatic carbocycles. The minimum absolute atomic E-state index is 0.357. The summed E-state index contributed by atoms with van der Waals surface area (Å²) >= 11 is 6.61. The minimum Gasteiger partial charge on any atom is -0.505 e. The fourth-order valence-corrected chi connectivity index (χ4v) is 3.63. The molecule has 0 amide bonds. The summed E-state index contributed by atoms with van der Waals surface area (Å²) in [5.74, 6) is 0.357. The average Bonchev–Trinajstić information content (AvgIpc) is 2.43. The predicted octanol–water partition coefficient (Wildman–Crippen LogP) is 4.09. The molecule has 4 heteroatoms. The normalized spacial score (nSPS) is 10.9. The molecule has 2 aromatic rings. The molecule has 0 spiro atoms. The van der Waals surface area contributed by atoms with Crippen LogP contribution in [-0.4, -0.2) is 11.4 Å². The van der Waals surface area contributed by atoms with E-state index in [1.54, 1.807) is 23.1 Å². The summed E-state index contributed by atoms with van der Waals surface area (Å²) in [4.78, 5) is 1.21. The fraction of sp³-hybridized carbons (Fsp3) is 0.111. The van der Waals surface area contributed by atoms with E-state index in [-0.39, 0.29) is 0 Å². The van der Waals surface area contributed by atoms with E-state index in [9.17, 15) is 5.11 Å². The van der Waals surface area contributed by atoms with E-state index in [4.69, 9.17) is 0 Å². The van der Waals surface area contributed by atoms with E-state index in [0.29, 0.717) is 5.75 Å². The van der Waals surface area contributed by atoms with Crippen LogP contribution in [0, 0.1) is 0 Å². The van der Waals surface area contributed by atoms with Crippen LogP contribution in [0.5, 0.6) is 5.75 Å². The molecule has 0 saturated carbocycles. The van der Waals surface area contributed by atoms with Crippen molar-refractivity contribution in [3.63, 3.8) is 0 Å². The van der Waals surface area contributed by atoms with E-state index in [1.165, 1.54) is 4.90 Å². The van der Waals surface area contributed by atoms with E-state index in [0.717, 1.165) is 13.9 Å². The van der Waals surface area contributed by atoms with Crippen LogP contribution < -0.4 is 0 Å². The molecule has 0 aliphatic rings. The Morgan fingerprint density at radius 3 is 2.92 bits per heavy atom. The lowest BCUT2D eigenvalue weighted by Crippen LogP contribution is -1.69. The average molecular weight is 275 g/mol. The van der Waals surface area contributed by atoms with Crippen molar-refractivity contribution in [2.24, 2.45) is 0 Å². The number of benzene rings is 1. The Balaban J connectivity index is 2.84. The lowest BCUT2D eigenvalue weighted by molar-refractivity contribution is 0.481. The lowest BCUT2D eigenvalue weighted by atomic mass is 10.2. The van der Waals surface area contributed by atoms with Crippen molar-refractivity contribution >= 4 is 49.1 Å². The second-order valence-electron chi connectivity index (χ2n) is 2.56. The second kappa shape index (κ2) is 3.52. The molecule has 1 nitrogen and oxygen atoms in total. The Bertz CT molecular complexity index is 450. The van der Waals surface area contributed by atoms with Crippen molar-refractivity contribution in [2.75, 3.05) is 6.26 Å². The highest BCUT2D eigenvalue weighted by Gasteiger charge is 2.10. The number of thioether (sulfide) groups is 1. The molecule has 0 saturated heterocycles. The minimum atomic E-state index is 0.357. The van der Waals surface area contributed by atoms with Crippen molar-refractivity contribution in [3.05, 3.63) is 22.0 Å². The Kier molecular flexibility index (Phi) is 2.53. The van der Waals surface area contributed by atoms with Gasteiger partial charge in [0.05, 0.1) is 4.70 Å². The standard InChI is InChI=1S/C9H7BrOS2/c1-12-6-4-2-3-5-7(11)9(10)13-8(5)6/h2-4,11H,1H3. The monoisotopic (exact) mass is 274 g/mol. The molecule has 68 valence electrons. The maximum atomic E-state index is 9.67. The third-order valence-corrected chi connectivity index (χ3v) is 4.62. The summed E-state index contributed by atoms with van der Waals surface area (Å²) in [7, 11) is 0. The molecular weight excluding hydrogens is 268 g/mol. The van der Waals surface area contributed by atoms with Gasteiger partial charge in [0.15, 0.2) is 0 Å². The van der Waals surface area contributed by atoms with Gasteiger partial charge in [0.1, 0.15) is 9.54 Å². The highest BCUT2D eigenvalue weighted by molar-refractivity contribution is 9.11. The zero-order valence-corrected chi connectivity index (χ0v) is 10.1. The van der Waals surface area contributed by atoms with Crippen molar-refractivity contribution < 1.29 is 5.11 Å². The molecule has 0 unspecified atom stereocenters. The van der Waals surface area contributed by atoms with Crippen LogP contribution in [0.4, 0.5) is 0 Å². The van der Waals surface area contributed by atoms with Crippen molar-refractivity contribution in [1.82, 2.24) is 0 Å². The summed E-state index contributed by atoms with van der Waals surface area (Å²) in [5, 5.41) is 10.6. The van der Waals surface area contributed by atoms with Gasteiger partial charge in [-0.15, -0.1) is 23.1 Å². The van der Waals surface area contributed by atoms with Gasteiger partial charge in [0.2, 0.25) is 0 Å². The van der Waals surface area contributed by atoms with Gasteiger partial charge in [-0.05, 0) is 34.3 Å². The number of thiophene rings is 1. The number of hydrogen-bond acceptors (Lipinski definition) is 3. The van der Waals surface area contributed by atoms with Gasteiger partial charge >= 0.3 is 0 Å². The number of rotatable bonds is 1. The summed E-state index contributed by atoms with van der Waals surface area (Å²) in [6.07, 6.45) is 2.04. The van der Waals surface area contributed by atoms with Crippen LogP contribution in [0.25, 0.3) is 10.1 Å². The largest absolute Gasteiger partial charge is 0.505 e. The fourth-order valence-electron chi connectivity index (χ4n) is 1.21. The Labute approximate surface area is 92.9 Å². The SMILES string of the molecule is CSc1cccc2c(O)c(Br)sc12. The van der Waals surface area contributed by atoms with Crippen molar-refractivity contribution in [3.8, 4) is 5.75 Å². The van der Waals surface area contributed by atoms with Gasteiger partial charge in [-0.1, -0.05) is 6.07 Å². The smallest absolute Gasteiger partial charge is 0.148 e. The topological polar surface area (TPSA) is 20.2 Å². The van der Waals surface area contributed by atoms with E-state index in [2.05, 4.69) is 22.0 Å². The van der Waals surface area contributed by atoms with Gasteiger partial charge in [0, 0.05) is 10.3 Å². The first-order valence-corrected chi connectivity index (χ1v) is 6.51. The molecule has 0 bridgehead atoms. The van der Waals surface area contributed by atoms with Crippen LogP contribution in [0.1, 0.15) is 0 Å². The van der Waals surface area contributed by atoms with Crippen LogP contribution in [0.2, 0.25) is 0 Å². The quantitative estimate of drug-likeness (QED) is 0.791. The molecule has 0 fully saturated rings. The van der Waals surface area contributed by atoms with Gasteiger partial charge in [-0.2, -0.15) is 0 Å². The van der Waals surface area contributed by atoms with Crippen molar-refractivity contribution in [1.29, 1.82) is 0 Å². The summed E-state index contributed by atoms with van der Waals surface area (Å²) in [6, 6.07) is 5.97. The molecule has 1 heterocycles. The van der Waals surface area contributed by atoms with Gasteiger partial charge in [-0.3, -0.25) is 0 Å². The highest BCUT2D eigenvalue weighted by Crippen LogP contribution is 2.43. The molecule has 0 atom stereocenters. The Morgan fingerprint density at radius 1 is 1.46 bits per heavy atom. The van der Waals surface area contributed by atoms with Crippen LogP contribution in [0.3, 0.4) is 0 Å². The third-order valence-electron chi connectivity index (χ3n) is 1.83. The van der Waals surface area contributed by atoms with Crippen molar-refractivity contribution in [2.45, 2.75) is 4.90 Å². The molecule has 13 heavy (non-hydrogen) atoms. The zero-order chi connectivity index (χ0) is 9.42. The summed E-state index contributed by atoms with van der Waals surface area (Å²) < 4.78 is 1.96. The molecule has 1 aromatic carbocycles. The molecular formula is C9H7BrOS2. The van der Waals surface area contributed by atoms with Gasteiger partial charge in [-0.25, -0.2) is 0 Å². The second-order valence-corrected chi connectivity index (χ2v) is 5.75. The van der Waals surface area contributed by atoms with Crippen LogP contribution >= 0.6 is 39.0 Å². The summed E-state index contributed by atoms with van der Waals surface area (Å²) in [6.45, 7) is 0. The maximum Gasteiger partial charge on any atom is 0.148 e. The first-order chi connectivity index (χ1) is 6.24. The Hall–Kier alpha value is -0.190. The predicted molar refractivity (Wildman–Crippen MR) is 63.0 cm³/mol. The van der Waals surface area contributed by atoms with Gasteiger partial charge < -0.3 is 5.11 Å². The van der Waals surface area contributed by atoms with Gasteiger partial charge in [0.25, 0.3) is 0 Å². The third kappa shape index (κ3) is 1.47. The zero-order valence-electron chi connectivity index (χ0n) is 6.87. The highest BCUT2D eigenvalue weighted by atomic mass is 79.9. The lowest BCUT2D eigenvalue weighted by Gasteiger charge is -1.96. The molecule has 1 N–H and O–H groups in total. The summed E-state index contributed by atoms with van der Waals surface area (Å²) in [5.41, 5.74) is 0. The maximum absolute atomic E-state index is 9.67. The first kappa shape index (κ1) is 9.37. The molecule has 2 rings (SSSR count). The first-order valence-electron chi connectivity index (χ1n) is 3.68. The Morgan fingerprint density at radius 2 is 2.23 bits per heavy atom. The molecule has 0 aliphatic heterocycles. The van der Waals surface area contributed by atoms with E-state index >= 15 is 0 Å². The van der Waals surface area contributed by atoms with Crippen LogP contribution in [0.15, 0.2) is 26.9 Å². The van der Waals surface area contributed by atoms with Crippen LogP contribution in [-0.2, 0) is 0 Å². The molecule has 0 radical (unpaired) electrons. The number of hydrogen-bond donors (Lipinski definition) is 1.